The predicted octanol–water partition coefficient (Wildman–Crippen LogP) is 1.48. The highest BCUT2D eigenvalue weighted by molar-refractivity contribution is 5.92. The highest BCUT2D eigenvalue weighted by atomic mass is 16.5. The Morgan fingerprint density at radius 3 is 3.11 bits per heavy atom. The molecule has 1 aliphatic rings. The fourth-order valence-corrected chi connectivity index (χ4v) is 2.10. The van der Waals surface area contributed by atoms with Crippen molar-refractivity contribution in [2.24, 2.45) is 0 Å². The molecule has 0 bridgehead atoms. The molecule has 0 radical (unpaired) electrons. The Balaban J connectivity index is 1.97. The summed E-state index contributed by atoms with van der Waals surface area (Å²) < 4.78 is 5.05. The third kappa shape index (κ3) is 3.13. The Morgan fingerprint density at radius 2 is 2.44 bits per heavy atom. The molecule has 98 valence electrons. The van der Waals surface area contributed by atoms with Crippen molar-refractivity contribution in [2.75, 3.05) is 19.0 Å². The zero-order valence-corrected chi connectivity index (χ0v) is 10.4. The van der Waals surface area contributed by atoms with Crippen LogP contribution in [0.3, 0.4) is 0 Å². The third-order valence-electron chi connectivity index (χ3n) is 3.07. The second kappa shape index (κ2) is 5.73. The largest absolute Gasteiger partial charge is 0.506 e. The highest BCUT2D eigenvalue weighted by Gasteiger charge is 2.18. The molecule has 3 N–H and O–H groups in total. The van der Waals surface area contributed by atoms with E-state index in [1.807, 2.05) is 0 Å². The summed E-state index contributed by atoms with van der Waals surface area (Å²) in [6.45, 7) is 0.975. The summed E-state index contributed by atoms with van der Waals surface area (Å²) in [4.78, 5) is 11.8. The fourth-order valence-electron chi connectivity index (χ4n) is 2.10. The van der Waals surface area contributed by atoms with Gasteiger partial charge in [0, 0.05) is 18.5 Å². The molecule has 1 atom stereocenters. The van der Waals surface area contributed by atoms with Gasteiger partial charge in [0.25, 0.3) is 0 Å². The van der Waals surface area contributed by atoms with E-state index >= 15 is 0 Å². The lowest BCUT2D eigenvalue weighted by molar-refractivity contribution is -0.116. The van der Waals surface area contributed by atoms with E-state index in [2.05, 4.69) is 10.6 Å². The van der Waals surface area contributed by atoms with Gasteiger partial charge in [-0.2, -0.15) is 0 Å². The Hall–Kier alpha value is -1.75. The van der Waals surface area contributed by atoms with Crippen LogP contribution in [0.1, 0.15) is 19.3 Å². The number of ether oxygens (including phenoxy) is 1. The SMILES string of the molecule is COc1ccc(O)c(NC(=O)CC2CCCN2)c1. The number of phenolic OH excluding ortho intramolecular Hbond substituents is 1. The van der Waals surface area contributed by atoms with Gasteiger partial charge in [-0.25, -0.2) is 0 Å². The summed E-state index contributed by atoms with van der Waals surface area (Å²) in [6.07, 6.45) is 2.57. The second-order valence-corrected chi connectivity index (χ2v) is 4.43. The summed E-state index contributed by atoms with van der Waals surface area (Å²) in [6, 6.07) is 5.00. The van der Waals surface area contributed by atoms with Crippen molar-refractivity contribution in [3.05, 3.63) is 18.2 Å². The smallest absolute Gasteiger partial charge is 0.226 e. The van der Waals surface area contributed by atoms with Gasteiger partial charge in [0.1, 0.15) is 11.5 Å². The molecule has 1 aliphatic heterocycles. The summed E-state index contributed by atoms with van der Waals surface area (Å²) in [5, 5.41) is 15.6. The molecule has 1 heterocycles. The monoisotopic (exact) mass is 250 g/mol. The minimum atomic E-state index is -0.0991. The lowest BCUT2D eigenvalue weighted by Gasteiger charge is -2.12. The molecule has 1 fully saturated rings. The maximum absolute atomic E-state index is 11.8. The van der Waals surface area contributed by atoms with E-state index in [9.17, 15) is 9.90 Å². The molecule has 5 heteroatoms. The van der Waals surface area contributed by atoms with Crippen LogP contribution in [0, 0.1) is 0 Å². The quantitative estimate of drug-likeness (QED) is 0.708. The van der Waals surface area contributed by atoms with Crippen LogP contribution >= 0.6 is 0 Å². The van der Waals surface area contributed by atoms with E-state index in [0.29, 0.717) is 17.9 Å². The van der Waals surface area contributed by atoms with Crippen LogP contribution in [0.4, 0.5) is 5.69 Å². The maximum Gasteiger partial charge on any atom is 0.226 e. The van der Waals surface area contributed by atoms with Gasteiger partial charge in [-0.05, 0) is 31.5 Å². The average molecular weight is 250 g/mol. The number of carbonyl (C=O) groups is 1. The molecule has 1 aromatic rings. The van der Waals surface area contributed by atoms with Crippen molar-refractivity contribution in [3.8, 4) is 11.5 Å². The number of anilines is 1. The van der Waals surface area contributed by atoms with E-state index in [0.717, 1.165) is 19.4 Å². The molecule has 0 aliphatic carbocycles. The summed E-state index contributed by atoms with van der Waals surface area (Å²) >= 11 is 0. The molecule has 1 amide bonds. The van der Waals surface area contributed by atoms with Crippen molar-refractivity contribution in [1.29, 1.82) is 0 Å². The van der Waals surface area contributed by atoms with Crippen molar-refractivity contribution < 1.29 is 14.6 Å². The van der Waals surface area contributed by atoms with Gasteiger partial charge in [-0.1, -0.05) is 0 Å². The molecule has 18 heavy (non-hydrogen) atoms. The van der Waals surface area contributed by atoms with Crippen LogP contribution in [0.25, 0.3) is 0 Å². The maximum atomic E-state index is 11.8. The van der Waals surface area contributed by atoms with Gasteiger partial charge in [0.05, 0.1) is 12.8 Å². The van der Waals surface area contributed by atoms with Crippen LogP contribution in [-0.4, -0.2) is 30.7 Å². The minimum Gasteiger partial charge on any atom is -0.506 e. The van der Waals surface area contributed by atoms with E-state index in [1.54, 1.807) is 19.2 Å². The molecule has 0 saturated carbocycles. The number of hydrogen-bond acceptors (Lipinski definition) is 4. The van der Waals surface area contributed by atoms with E-state index in [-0.39, 0.29) is 17.7 Å². The molecule has 1 saturated heterocycles. The summed E-state index contributed by atoms with van der Waals surface area (Å²) in [5.74, 6) is 0.545. The Labute approximate surface area is 106 Å². The summed E-state index contributed by atoms with van der Waals surface area (Å²) in [5.41, 5.74) is 0.386. The fraction of sp³-hybridized carbons (Fsp3) is 0.462. The Bertz CT molecular complexity index is 428. The highest BCUT2D eigenvalue weighted by Crippen LogP contribution is 2.28. The first-order chi connectivity index (χ1) is 8.69. The normalized spacial score (nSPS) is 18.6. The number of carbonyl (C=O) groups excluding carboxylic acids is 1. The molecule has 5 nitrogen and oxygen atoms in total. The number of aromatic hydroxyl groups is 1. The molecular formula is C13H18N2O3. The van der Waals surface area contributed by atoms with Gasteiger partial charge in [0.15, 0.2) is 0 Å². The van der Waals surface area contributed by atoms with Gasteiger partial charge in [0.2, 0.25) is 5.91 Å². The number of nitrogens with one attached hydrogen (secondary N) is 2. The van der Waals surface area contributed by atoms with Crippen LogP contribution < -0.4 is 15.4 Å². The number of hydrogen-bond donors (Lipinski definition) is 3. The van der Waals surface area contributed by atoms with Crippen LogP contribution in [0.15, 0.2) is 18.2 Å². The molecule has 2 rings (SSSR count). The predicted molar refractivity (Wildman–Crippen MR) is 68.9 cm³/mol. The minimum absolute atomic E-state index is 0.0449. The van der Waals surface area contributed by atoms with Crippen molar-refractivity contribution >= 4 is 11.6 Å². The number of methoxy groups -OCH3 is 1. The molecule has 0 spiro atoms. The van der Waals surface area contributed by atoms with Gasteiger partial charge in [-0.3, -0.25) is 4.79 Å². The standard InChI is InChI=1S/C13H18N2O3/c1-18-10-4-5-12(16)11(8-10)15-13(17)7-9-3-2-6-14-9/h4-5,8-9,14,16H,2-3,6-7H2,1H3,(H,15,17). The van der Waals surface area contributed by atoms with Crippen LogP contribution in [0.2, 0.25) is 0 Å². The molecule has 1 unspecified atom stereocenters. The number of phenols is 1. The van der Waals surface area contributed by atoms with Crippen LogP contribution in [-0.2, 0) is 4.79 Å². The lowest BCUT2D eigenvalue weighted by Crippen LogP contribution is -2.27. The first kappa shape index (κ1) is 12.7. The third-order valence-corrected chi connectivity index (χ3v) is 3.07. The topological polar surface area (TPSA) is 70.6 Å². The van der Waals surface area contributed by atoms with Crippen molar-refractivity contribution in [1.82, 2.24) is 5.32 Å². The van der Waals surface area contributed by atoms with Crippen molar-refractivity contribution in [3.63, 3.8) is 0 Å². The number of amides is 1. The Morgan fingerprint density at radius 1 is 1.61 bits per heavy atom. The van der Waals surface area contributed by atoms with Crippen molar-refractivity contribution in [2.45, 2.75) is 25.3 Å². The number of rotatable bonds is 4. The van der Waals surface area contributed by atoms with E-state index in [4.69, 9.17) is 4.74 Å². The second-order valence-electron chi connectivity index (χ2n) is 4.43. The van der Waals surface area contributed by atoms with E-state index in [1.165, 1.54) is 6.07 Å². The summed E-state index contributed by atoms with van der Waals surface area (Å²) in [7, 11) is 1.54. The zero-order chi connectivity index (χ0) is 13.0. The van der Waals surface area contributed by atoms with Crippen LogP contribution in [0.5, 0.6) is 11.5 Å². The lowest BCUT2D eigenvalue weighted by atomic mass is 10.1. The Kier molecular flexibility index (Phi) is 4.04. The molecule has 0 aromatic heterocycles. The van der Waals surface area contributed by atoms with Gasteiger partial charge < -0.3 is 20.5 Å². The van der Waals surface area contributed by atoms with E-state index < -0.39 is 0 Å². The van der Waals surface area contributed by atoms with Gasteiger partial charge in [-0.15, -0.1) is 0 Å². The number of benzene rings is 1. The first-order valence-electron chi connectivity index (χ1n) is 6.09. The molecular weight excluding hydrogens is 232 g/mol. The zero-order valence-electron chi connectivity index (χ0n) is 10.4. The first-order valence-corrected chi connectivity index (χ1v) is 6.09. The molecule has 1 aromatic carbocycles. The average Bonchev–Trinajstić information content (AvgIpc) is 2.84. The van der Waals surface area contributed by atoms with Gasteiger partial charge >= 0.3 is 0 Å².